The van der Waals surface area contributed by atoms with Gasteiger partial charge in [0.05, 0.1) is 18.2 Å². The second kappa shape index (κ2) is 12.3. The van der Waals surface area contributed by atoms with E-state index in [2.05, 4.69) is 34.5 Å². The second-order valence-electron chi connectivity index (χ2n) is 11.1. The SMILES string of the molecule is COc1ccnc(F)c1-c1ccc2c(c1)c(-c1ccnc(N3CCN(S(=O)[O-])CC3)c1)nn2COCC[Si](C)(C)C. The van der Waals surface area contributed by atoms with Gasteiger partial charge in [-0.2, -0.15) is 9.49 Å². The number of hydrogen-bond donors (Lipinski definition) is 0. The average molecular weight is 598 g/mol. The smallest absolute Gasteiger partial charge is 0.224 e. The van der Waals surface area contributed by atoms with Crippen molar-refractivity contribution in [1.29, 1.82) is 0 Å². The van der Waals surface area contributed by atoms with E-state index in [0.717, 1.165) is 28.3 Å². The molecular formula is C28H34FN6O4SSi-. The Morgan fingerprint density at radius 1 is 1.02 bits per heavy atom. The molecular weight excluding hydrogens is 563 g/mol. The molecule has 0 bridgehead atoms. The lowest BCUT2D eigenvalue weighted by Crippen LogP contribution is -2.47. The quantitative estimate of drug-likeness (QED) is 0.114. The van der Waals surface area contributed by atoms with Crippen LogP contribution in [-0.2, 0) is 22.7 Å². The van der Waals surface area contributed by atoms with E-state index >= 15 is 0 Å². The first-order chi connectivity index (χ1) is 19.6. The van der Waals surface area contributed by atoms with E-state index in [1.54, 1.807) is 12.3 Å². The summed E-state index contributed by atoms with van der Waals surface area (Å²) in [6.45, 7) is 9.75. The van der Waals surface area contributed by atoms with Crippen molar-refractivity contribution in [1.82, 2.24) is 24.1 Å². The van der Waals surface area contributed by atoms with Gasteiger partial charge in [-0.1, -0.05) is 25.7 Å². The van der Waals surface area contributed by atoms with Gasteiger partial charge in [0.2, 0.25) is 5.95 Å². The number of nitrogens with zero attached hydrogens (tertiary/aromatic N) is 6. The highest BCUT2D eigenvalue weighted by atomic mass is 32.2. The lowest BCUT2D eigenvalue weighted by Gasteiger charge is -2.35. The van der Waals surface area contributed by atoms with Crippen LogP contribution in [-0.4, -0.2) is 80.8 Å². The average Bonchev–Trinajstić information content (AvgIpc) is 3.32. The van der Waals surface area contributed by atoms with E-state index in [0.29, 0.717) is 49.8 Å². The number of benzene rings is 1. The van der Waals surface area contributed by atoms with Crippen molar-refractivity contribution < 1.29 is 22.6 Å². The van der Waals surface area contributed by atoms with Crippen LogP contribution in [0.25, 0.3) is 33.3 Å². The van der Waals surface area contributed by atoms with Crippen LogP contribution in [0.5, 0.6) is 5.75 Å². The Labute approximate surface area is 242 Å². The Bertz CT molecular complexity index is 1550. The molecule has 0 aliphatic carbocycles. The molecule has 1 saturated heterocycles. The zero-order chi connectivity index (χ0) is 29.1. The molecule has 4 heterocycles. The lowest BCUT2D eigenvalue weighted by molar-refractivity contribution is 0.0818. The minimum absolute atomic E-state index is 0.283. The first-order valence-electron chi connectivity index (χ1n) is 13.5. The maximum absolute atomic E-state index is 14.9. The molecule has 1 atom stereocenters. The topological polar surface area (TPSA) is 109 Å². The molecule has 4 aromatic rings. The van der Waals surface area contributed by atoms with Gasteiger partial charge in [0.15, 0.2) is 0 Å². The highest BCUT2D eigenvalue weighted by molar-refractivity contribution is 7.76. The number of aromatic nitrogens is 4. The van der Waals surface area contributed by atoms with Gasteiger partial charge >= 0.3 is 0 Å². The fraction of sp³-hybridized carbons (Fsp3) is 0.393. The van der Waals surface area contributed by atoms with E-state index in [-0.39, 0.29) is 12.3 Å². The van der Waals surface area contributed by atoms with Crippen molar-refractivity contribution in [3.63, 3.8) is 0 Å². The summed E-state index contributed by atoms with van der Waals surface area (Å²) in [7, 11) is 0.259. The Hall–Kier alpha value is -3.23. The molecule has 1 fully saturated rings. The Morgan fingerprint density at radius 3 is 2.49 bits per heavy atom. The third-order valence-electron chi connectivity index (χ3n) is 7.13. The molecule has 13 heteroatoms. The van der Waals surface area contributed by atoms with E-state index in [1.807, 2.05) is 35.0 Å². The molecule has 0 saturated carbocycles. The number of hydrogen-bond acceptors (Lipinski definition) is 8. The zero-order valence-electron chi connectivity index (χ0n) is 23.7. The maximum Gasteiger partial charge on any atom is 0.224 e. The van der Waals surface area contributed by atoms with Crippen molar-refractivity contribution in [2.24, 2.45) is 0 Å². The van der Waals surface area contributed by atoms with Gasteiger partial charge < -0.3 is 18.9 Å². The van der Waals surface area contributed by atoms with Gasteiger partial charge in [-0.3, -0.25) is 4.21 Å². The van der Waals surface area contributed by atoms with Crippen LogP contribution in [0, 0.1) is 5.95 Å². The minimum Gasteiger partial charge on any atom is -0.760 e. The van der Waals surface area contributed by atoms with Gasteiger partial charge in [-0.05, 0) is 41.9 Å². The number of halogens is 1. The maximum atomic E-state index is 14.9. The number of rotatable bonds is 10. The van der Waals surface area contributed by atoms with Crippen molar-refractivity contribution in [3.8, 4) is 28.1 Å². The van der Waals surface area contributed by atoms with Crippen molar-refractivity contribution in [2.45, 2.75) is 32.4 Å². The van der Waals surface area contributed by atoms with Gasteiger partial charge in [0.25, 0.3) is 0 Å². The fourth-order valence-electron chi connectivity index (χ4n) is 4.83. The Kier molecular flexibility index (Phi) is 8.80. The van der Waals surface area contributed by atoms with Gasteiger partial charge in [-0.25, -0.2) is 19.0 Å². The van der Waals surface area contributed by atoms with Crippen molar-refractivity contribution in [3.05, 3.63) is 54.7 Å². The van der Waals surface area contributed by atoms with Crippen molar-refractivity contribution in [2.75, 3.05) is 44.8 Å². The summed E-state index contributed by atoms with van der Waals surface area (Å²) in [6.07, 6.45) is 3.11. The molecule has 10 nitrogen and oxygen atoms in total. The second-order valence-corrected chi connectivity index (χ2v) is 17.7. The van der Waals surface area contributed by atoms with Gasteiger partial charge in [0, 0.05) is 75.5 Å². The molecule has 1 aliphatic heterocycles. The van der Waals surface area contributed by atoms with E-state index in [1.165, 1.54) is 17.6 Å². The van der Waals surface area contributed by atoms with Gasteiger partial charge in [-0.15, -0.1) is 0 Å². The van der Waals surface area contributed by atoms with Crippen LogP contribution in [0.1, 0.15) is 0 Å². The van der Waals surface area contributed by atoms with Crippen LogP contribution in [0.2, 0.25) is 25.7 Å². The largest absolute Gasteiger partial charge is 0.760 e. The molecule has 1 aromatic carbocycles. The molecule has 0 amide bonds. The predicted molar refractivity (Wildman–Crippen MR) is 160 cm³/mol. The third-order valence-corrected chi connectivity index (χ3v) is 9.62. The summed E-state index contributed by atoms with van der Waals surface area (Å²) in [6, 6.07) is 12.2. The fourth-order valence-corrected chi connectivity index (χ4v) is 6.05. The zero-order valence-corrected chi connectivity index (χ0v) is 25.5. The number of fused-ring (bicyclic) bond motifs is 1. The first kappa shape index (κ1) is 29.3. The molecule has 3 aromatic heterocycles. The molecule has 0 radical (unpaired) electrons. The molecule has 218 valence electrons. The number of methoxy groups -OCH3 is 1. The molecule has 0 spiro atoms. The Morgan fingerprint density at radius 2 is 1.78 bits per heavy atom. The summed E-state index contributed by atoms with van der Waals surface area (Å²) < 4.78 is 52.3. The lowest BCUT2D eigenvalue weighted by atomic mass is 10.0. The van der Waals surface area contributed by atoms with Crippen LogP contribution in [0.4, 0.5) is 10.2 Å². The van der Waals surface area contributed by atoms with Crippen LogP contribution < -0.4 is 9.64 Å². The molecule has 1 aliphatic rings. The number of anilines is 1. The normalized spacial score (nSPS) is 15.4. The van der Waals surface area contributed by atoms with E-state index < -0.39 is 25.3 Å². The van der Waals surface area contributed by atoms with E-state index in [4.69, 9.17) is 14.6 Å². The molecule has 0 N–H and O–H groups in total. The Balaban J connectivity index is 1.53. The summed E-state index contributed by atoms with van der Waals surface area (Å²) in [5, 5.41) is 5.77. The summed E-state index contributed by atoms with van der Waals surface area (Å²) in [4.78, 5) is 10.5. The van der Waals surface area contributed by atoms with E-state index in [9.17, 15) is 13.2 Å². The number of piperazine rings is 1. The summed E-state index contributed by atoms with van der Waals surface area (Å²) in [5.41, 5.74) is 3.31. The van der Waals surface area contributed by atoms with Crippen molar-refractivity contribution >= 4 is 36.1 Å². The van der Waals surface area contributed by atoms with Crippen LogP contribution in [0.15, 0.2) is 48.8 Å². The molecule has 5 rings (SSSR count). The monoisotopic (exact) mass is 597 g/mol. The van der Waals surface area contributed by atoms with Crippen LogP contribution >= 0.6 is 0 Å². The predicted octanol–water partition coefficient (Wildman–Crippen LogP) is 4.54. The number of ether oxygens (including phenoxy) is 2. The standard InChI is InChI=1S/C28H35FN6O4SSi/c1-38-24-8-10-31-28(29)26(24)20-5-6-23-22(17-20)27(32-35(23)19-39-15-16-41(2,3)4)21-7-9-30-25(18-21)33-11-13-34(14-12-33)40(36)37/h5-10,17-18H,11-16,19H2,1-4H3,(H,36,37)/p-1. The molecule has 1 unspecified atom stereocenters. The highest BCUT2D eigenvalue weighted by Crippen LogP contribution is 2.37. The highest BCUT2D eigenvalue weighted by Gasteiger charge is 2.21. The summed E-state index contributed by atoms with van der Waals surface area (Å²) >= 11 is -2.23. The van der Waals surface area contributed by atoms with Gasteiger partial charge in [0.1, 0.15) is 24.0 Å². The van der Waals surface area contributed by atoms with Crippen LogP contribution in [0.3, 0.4) is 0 Å². The number of pyridine rings is 2. The minimum atomic E-state index is -2.23. The third kappa shape index (κ3) is 6.65. The first-order valence-corrected chi connectivity index (χ1v) is 18.2. The summed E-state index contributed by atoms with van der Waals surface area (Å²) in [5.74, 6) is 0.519. The molecule has 41 heavy (non-hydrogen) atoms.